The van der Waals surface area contributed by atoms with Crippen molar-refractivity contribution in [2.75, 3.05) is 5.75 Å². The van der Waals surface area contributed by atoms with Crippen molar-refractivity contribution in [2.45, 2.75) is 39.2 Å². The number of hydrazone groups is 1. The number of hydrogen-bond donors (Lipinski definition) is 0. The Kier molecular flexibility index (Phi) is 8.26. The van der Waals surface area contributed by atoms with Crippen LogP contribution < -0.4 is 9.47 Å². The molecule has 12 heteroatoms. The van der Waals surface area contributed by atoms with Crippen molar-refractivity contribution in [3.63, 3.8) is 0 Å². The van der Waals surface area contributed by atoms with Crippen LogP contribution in [-0.2, 0) is 11.8 Å². The number of para-hydroxylation sites is 1. The van der Waals surface area contributed by atoms with Gasteiger partial charge < -0.3 is 9.47 Å². The number of nitrogens with zero attached hydrogens (tertiary/aromatic N) is 5. The second kappa shape index (κ2) is 11.9. The molecule has 8 nitrogen and oxygen atoms in total. The van der Waals surface area contributed by atoms with Gasteiger partial charge in [0.25, 0.3) is 5.91 Å². The Balaban J connectivity index is 1.34. The topological polar surface area (TPSA) is 81.3 Å². The van der Waals surface area contributed by atoms with Gasteiger partial charge in [0.05, 0.1) is 23.2 Å². The molecule has 1 aliphatic heterocycles. The van der Waals surface area contributed by atoms with Gasteiger partial charge in [-0.05, 0) is 60.4 Å². The van der Waals surface area contributed by atoms with Crippen LogP contribution in [0.4, 0.5) is 18.9 Å². The summed E-state index contributed by atoms with van der Waals surface area (Å²) in [7, 11) is 1.81. The van der Waals surface area contributed by atoms with Crippen LogP contribution in [0.5, 0.6) is 11.5 Å². The molecular formula is C30H28F3N5O3S. The molecule has 0 spiro atoms. The Labute approximate surface area is 244 Å². The Morgan fingerprint density at radius 1 is 1.02 bits per heavy atom. The number of alkyl halides is 3. The zero-order valence-electron chi connectivity index (χ0n) is 23.3. The lowest BCUT2D eigenvalue weighted by Crippen LogP contribution is -2.23. The Hall–Kier alpha value is -4.32. The molecule has 1 atom stereocenters. The van der Waals surface area contributed by atoms with Crippen LogP contribution in [0.1, 0.15) is 49.6 Å². The highest BCUT2D eigenvalue weighted by molar-refractivity contribution is 8.15. The molecule has 1 amide bonds. The van der Waals surface area contributed by atoms with E-state index in [1.165, 1.54) is 41.0 Å². The summed E-state index contributed by atoms with van der Waals surface area (Å²) in [5.41, 5.74) is 4.15. The van der Waals surface area contributed by atoms with Crippen LogP contribution in [0.2, 0.25) is 0 Å². The SMILES string of the molecule is CC(C)c1ccccc1/N=C1\SCC(=O)N1/N=C/c1ccc2c(C(C)Oc3ccc(OC(F)(F)F)cc3)nn(C)c2c1. The highest BCUT2D eigenvalue weighted by Gasteiger charge is 2.31. The van der Waals surface area contributed by atoms with Crippen molar-refractivity contribution < 1.29 is 27.4 Å². The zero-order valence-corrected chi connectivity index (χ0v) is 24.1. The van der Waals surface area contributed by atoms with E-state index in [-0.39, 0.29) is 23.3 Å². The minimum Gasteiger partial charge on any atom is -0.484 e. The fourth-order valence-electron chi connectivity index (χ4n) is 4.52. The monoisotopic (exact) mass is 595 g/mol. The summed E-state index contributed by atoms with van der Waals surface area (Å²) in [6, 6.07) is 18.7. The van der Waals surface area contributed by atoms with Crippen LogP contribution in [-0.4, -0.2) is 44.2 Å². The first-order valence-electron chi connectivity index (χ1n) is 13.1. The highest BCUT2D eigenvalue weighted by Crippen LogP contribution is 2.32. The quantitative estimate of drug-likeness (QED) is 0.199. The number of hydrogen-bond acceptors (Lipinski definition) is 7. The van der Waals surface area contributed by atoms with Crippen molar-refractivity contribution in [1.82, 2.24) is 14.8 Å². The molecule has 0 saturated carbocycles. The fourth-order valence-corrected chi connectivity index (χ4v) is 5.33. The van der Waals surface area contributed by atoms with Gasteiger partial charge in [-0.1, -0.05) is 55.9 Å². The molecule has 1 unspecified atom stereocenters. The zero-order chi connectivity index (χ0) is 30.0. The molecule has 2 heterocycles. The molecule has 3 aromatic carbocycles. The van der Waals surface area contributed by atoms with Crippen LogP contribution >= 0.6 is 11.8 Å². The highest BCUT2D eigenvalue weighted by atomic mass is 32.2. The molecule has 1 aromatic heterocycles. The van der Waals surface area contributed by atoms with Crippen molar-refractivity contribution in [1.29, 1.82) is 0 Å². The number of aromatic nitrogens is 2. The maximum absolute atomic E-state index is 12.6. The molecular weight excluding hydrogens is 567 g/mol. The number of amidine groups is 1. The van der Waals surface area contributed by atoms with E-state index in [0.29, 0.717) is 16.6 Å². The summed E-state index contributed by atoms with van der Waals surface area (Å²) in [4.78, 5) is 17.4. The predicted molar refractivity (Wildman–Crippen MR) is 157 cm³/mol. The number of fused-ring (bicyclic) bond motifs is 1. The fraction of sp³-hybridized carbons (Fsp3) is 0.267. The van der Waals surface area contributed by atoms with Gasteiger partial charge in [0.1, 0.15) is 23.3 Å². The minimum absolute atomic E-state index is 0.148. The molecule has 1 saturated heterocycles. The van der Waals surface area contributed by atoms with Gasteiger partial charge in [-0.25, -0.2) is 4.99 Å². The van der Waals surface area contributed by atoms with Crippen LogP contribution in [0, 0.1) is 0 Å². The summed E-state index contributed by atoms with van der Waals surface area (Å²) < 4.78 is 48.9. The van der Waals surface area contributed by atoms with Crippen molar-refractivity contribution >= 4 is 45.6 Å². The standard InChI is InChI=1S/C30H28F3N5O3S/c1-18(2)23-7-5-6-8-25(23)35-29-38(27(39)17-42-29)34-16-20-9-14-24-26(15-20)37(4)36-28(24)19(3)40-21-10-12-22(13-11-21)41-30(31,32)33/h5-16,18-19H,17H2,1-4H3/b34-16+,35-29-. The number of amides is 1. The summed E-state index contributed by atoms with van der Waals surface area (Å²) >= 11 is 1.35. The first-order valence-corrected chi connectivity index (χ1v) is 14.1. The number of aryl methyl sites for hydroxylation is 1. The van der Waals surface area contributed by atoms with E-state index in [1.807, 2.05) is 49.4 Å². The van der Waals surface area contributed by atoms with E-state index < -0.39 is 12.5 Å². The van der Waals surface area contributed by atoms with Crippen molar-refractivity contribution in [2.24, 2.45) is 17.1 Å². The second-order valence-corrected chi connectivity index (χ2v) is 10.9. The molecule has 1 fully saturated rings. The number of ether oxygens (including phenoxy) is 2. The summed E-state index contributed by atoms with van der Waals surface area (Å²) in [6.07, 6.45) is -3.64. The van der Waals surface area contributed by atoms with Gasteiger partial charge in [0.2, 0.25) is 0 Å². The predicted octanol–water partition coefficient (Wildman–Crippen LogP) is 7.33. The smallest absolute Gasteiger partial charge is 0.484 e. The molecule has 218 valence electrons. The summed E-state index contributed by atoms with van der Waals surface area (Å²) in [5.74, 6) is 0.450. The van der Waals surface area contributed by atoms with E-state index in [4.69, 9.17) is 9.73 Å². The van der Waals surface area contributed by atoms with Gasteiger partial charge in [0, 0.05) is 12.4 Å². The van der Waals surface area contributed by atoms with Gasteiger partial charge in [0.15, 0.2) is 5.17 Å². The number of aliphatic imine (C=N–C) groups is 1. The van der Waals surface area contributed by atoms with Crippen LogP contribution in [0.25, 0.3) is 10.9 Å². The summed E-state index contributed by atoms with van der Waals surface area (Å²) in [6.45, 7) is 6.01. The molecule has 0 radical (unpaired) electrons. The number of carbonyl (C=O) groups is 1. The summed E-state index contributed by atoms with van der Waals surface area (Å²) in [5, 5.41) is 11.8. The van der Waals surface area contributed by atoms with E-state index in [2.05, 4.69) is 28.8 Å². The maximum atomic E-state index is 12.6. The first-order chi connectivity index (χ1) is 20.0. The average Bonchev–Trinajstić information content (AvgIpc) is 3.46. The van der Waals surface area contributed by atoms with Gasteiger partial charge >= 0.3 is 6.36 Å². The Morgan fingerprint density at radius 2 is 1.74 bits per heavy atom. The molecule has 5 rings (SSSR count). The second-order valence-electron chi connectivity index (χ2n) is 9.91. The molecule has 1 aliphatic rings. The Bertz CT molecular complexity index is 1670. The van der Waals surface area contributed by atoms with Crippen LogP contribution in [0.3, 0.4) is 0 Å². The third-order valence-corrected chi connectivity index (χ3v) is 7.41. The van der Waals surface area contributed by atoms with Gasteiger partial charge in [-0.3, -0.25) is 9.48 Å². The lowest BCUT2D eigenvalue weighted by Gasteiger charge is -2.14. The molecule has 0 bridgehead atoms. The number of carbonyl (C=O) groups excluding carboxylic acids is 1. The van der Waals surface area contributed by atoms with E-state index in [1.54, 1.807) is 17.9 Å². The molecule has 4 aromatic rings. The van der Waals surface area contributed by atoms with Crippen LogP contribution in [0.15, 0.2) is 76.8 Å². The molecule has 0 aliphatic carbocycles. The van der Waals surface area contributed by atoms with Gasteiger partial charge in [-0.2, -0.15) is 15.2 Å². The van der Waals surface area contributed by atoms with E-state index in [9.17, 15) is 18.0 Å². The number of thioether (sulfide) groups is 1. The van der Waals surface area contributed by atoms with Crippen molar-refractivity contribution in [3.05, 3.63) is 83.6 Å². The largest absolute Gasteiger partial charge is 0.573 e. The number of rotatable bonds is 8. The molecule has 42 heavy (non-hydrogen) atoms. The maximum Gasteiger partial charge on any atom is 0.573 e. The minimum atomic E-state index is -4.76. The van der Waals surface area contributed by atoms with E-state index >= 15 is 0 Å². The number of halogens is 3. The Morgan fingerprint density at radius 3 is 2.45 bits per heavy atom. The van der Waals surface area contributed by atoms with Gasteiger partial charge in [-0.15, -0.1) is 13.2 Å². The first kappa shape index (κ1) is 29.2. The third kappa shape index (κ3) is 6.59. The lowest BCUT2D eigenvalue weighted by molar-refractivity contribution is -0.274. The lowest BCUT2D eigenvalue weighted by atomic mass is 10.0. The van der Waals surface area contributed by atoms with E-state index in [0.717, 1.165) is 27.7 Å². The van der Waals surface area contributed by atoms with Crippen molar-refractivity contribution in [3.8, 4) is 11.5 Å². The average molecular weight is 596 g/mol. The third-order valence-electron chi connectivity index (χ3n) is 6.50. The molecule has 0 N–H and O–H groups in total. The normalized spacial score (nSPS) is 15.9. The number of benzene rings is 3.